The average Bonchev–Trinajstić information content (AvgIpc) is 2.89. The minimum absolute atomic E-state index is 0.0480. The van der Waals surface area contributed by atoms with Crippen LogP contribution in [0.4, 0.5) is 5.69 Å². The normalized spacial score (nSPS) is 10.3. The van der Waals surface area contributed by atoms with Crippen molar-refractivity contribution < 1.29 is 9.66 Å². The summed E-state index contributed by atoms with van der Waals surface area (Å²) in [5.41, 5.74) is 7.12. The molecule has 0 spiro atoms. The molecule has 2 N–H and O–H groups in total. The van der Waals surface area contributed by atoms with Crippen LogP contribution in [0.2, 0.25) is 0 Å². The number of nitro benzene ring substituents is 1. The maximum absolute atomic E-state index is 10.9. The van der Waals surface area contributed by atoms with Gasteiger partial charge in [-0.2, -0.15) is 11.3 Å². The molecule has 0 amide bonds. The van der Waals surface area contributed by atoms with E-state index in [2.05, 4.69) is 0 Å². The van der Waals surface area contributed by atoms with Crippen LogP contribution in [0.1, 0.15) is 11.1 Å². The van der Waals surface area contributed by atoms with Crippen molar-refractivity contribution in [3.8, 4) is 5.75 Å². The summed E-state index contributed by atoms with van der Waals surface area (Å²) in [4.78, 5) is 10.5. The van der Waals surface area contributed by atoms with Gasteiger partial charge in [0.15, 0.2) is 5.75 Å². The highest BCUT2D eigenvalue weighted by Crippen LogP contribution is 2.28. The Hall–Kier alpha value is -1.92. The quantitative estimate of drug-likeness (QED) is 0.665. The number of nitro groups is 1. The van der Waals surface area contributed by atoms with Gasteiger partial charge in [0, 0.05) is 12.6 Å². The lowest BCUT2D eigenvalue weighted by molar-refractivity contribution is -0.386. The van der Waals surface area contributed by atoms with Crippen LogP contribution in [0.15, 0.2) is 35.0 Å². The standard InChI is InChI=1S/C12H12N2O3S/c13-6-9-1-2-12(11(5-9)14(15)16)17-7-10-3-4-18-8-10/h1-5,8H,6-7,13H2. The molecule has 6 heteroatoms. The fourth-order valence-electron chi connectivity index (χ4n) is 1.49. The minimum Gasteiger partial charge on any atom is -0.482 e. The SMILES string of the molecule is NCc1ccc(OCc2ccsc2)c([N+](=O)[O-])c1. The van der Waals surface area contributed by atoms with Gasteiger partial charge in [0.05, 0.1) is 4.92 Å². The van der Waals surface area contributed by atoms with Crippen LogP contribution >= 0.6 is 11.3 Å². The molecule has 0 saturated carbocycles. The van der Waals surface area contributed by atoms with Crippen LogP contribution in [-0.4, -0.2) is 4.92 Å². The molecule has 0 fully saturated rings. The second-order valence-electron chi connectivity index (χ2n) is 3.68. The van der Waals surface area contributed by atoms with Gasteiger partial charge in [-0.1, -0.05) is 6.07 Å². The molecule has 0 saturated heterocycles. The van der Waals surface area contributed by atoms with Crippen molar-refractivity contribution in [1.82, 2.24) is 0 Å². The van der Waals surface area contributed by atoms with E-state index in [4.69, 9.17) is 10.5 Å². The van der Waals surface area contributed by atoms with Crippen molar-refractivity contribution in [2.45, 2.75) is 13.2 Å². The largest absolute Gasteiger partial charge is 0.482 e. The van der Waals surface area contributed by atoms with Gasteiger partial charge in [0.2, 0.25) is 0 Å². The third kappa shape index (κ3) is 2.85. The molecule has 0 aliphatic heterocycles. The third-order valence-corrected chi connectivity index (χ3v) is 3.16. The number of hydrogen-bond donors (Lipinski definition) is 1. The Morgan fingerprint density at radius 3 is 2.78 bits per heavy atom. The Kier molecular flexibility index (Phi) is 3.91. The molecule has 1 aromatic heterocycles. The number of benzene rings is 1. The van der Waals surface area contributed by atoms with E-state index in [9.17, 15) is 10.1 Å². The number of hydrogen-bond acceptors (Lipinski definition) is 5. The predicted octanol–water partition coefficient (Wildman–Crippen LogP) is 2.69. The van der Waals surface area contributed by atoms with E-state index in [1.165, 1.54) is 6.07 Å². The van der Waals surface area contributed by atoms with E-state index >= 15 is 0 Å². The fraction of sp³-hybridized carbons (Fsp3) is 0.167. The van der Waals surface area contributed by atoms with Crippen molar-refractivity contribution in [3.05, 3.63) is 56.3 Å². The zero-order valence-electron chi connectivity index (χ0n) is 9.54. The Labute approximate surface area is 108 Å². The Morgan fingerprint density at radius 1 is 1.33 bits per heavy atom. The first-order valence-electron chi connectivity index (χ1n) is 5.32. The van der Waals surface area contributed by atoms with Crippen LogP contribution in [0.3, 0.4) is 0 Å². The van der Waals surface area contributed by atoms with Gasteiger partial charge in [0.1, 0.15) is 6.61 Å². The molecule has 0 atom stereocenters. The third-order valence-electron chi connectivity index (χ3n) is 2.43. The first-order valence-corrected chi connectivity index (χ1v) is 6.26. The van der Waals surface area contributed by atoms with Crippen molar-refractivity contribution >= 4 is 17.0 Å². The number of thiophene rings is 1. The van der Waals surface area contributed by atoms with Gasteiger partial charge in [-0.3, -0.25) is 10.1 Å². The highest BCUT2D eigenvalue weighted by Gasteiger charge is 2.15. The monoisotopic (exact) mass is 264 g/mol. The zero-order chi connectivity index (χ0) is 13.0. The Morgan fingerprint density at radius 2 is 2.17 bits per heavy atom. The van der Waals surface area contributed by atoms with Crippen LogP contribution in [0, 0.1) is 10.1 Å². The maximum atomic E-state index is 10.9. The molecule has 1 heterocycles. The minimum atomic E-state index is -0.456. The first kappa shape index (κ1) is 12.5. The molecule has 2 aromatic rings. The topological polar surface area (TPSA) is 78.4 Å². The maximum Gasteiger partial charge on any atom is 0.311 e. The molecule has 0 unspecified atom stereocenters. The molecule has 5 nitrogen and oxygen atoms in total. The van der Waals surface area contributed by atoms with Crippen LogP contribution < -0.4 is 10.5 Å². The summed E-state index contributed by atoms with van der Waals surface area (Å²) in [7, 11) is 0. The summed E-state index contributed by atoms with van der Waals surface area (Å²) >= 11 is 1.56. The van der Waals surface area contributed by atoms with Gasteiger partial charge in [-0.25, -0.2) is 0 Å². The molecular weight excluding hydrogens is 252 g/mol. The van der Waals surface area contributed by atoms with Crippen molar-refractivity contribution in [3.63, 3.8) is 0 Å². The number of rotatable bonds is 5. The van der Waals surface area contributed by atoms with E-state index in [1.807, 2.05) is 16.8 Å². The van der Waals surface area contributed by atoms with Gasteiger partial charge < -0.3 is 10.5 Å². The summed E-state index contributed by atoms with van der Waals surface area (Å²) < 4.78 is 5.47. The van der Waals surface area contributed by atoms with Crippen LogP contribution in [0.25, 0.3) is 0 Å². The highest BCUT2D eigenvalue weighted by atomic mass is 32.1. The molecular formula is C12H12N2O3S. The van der Waals surface area contributed by atoms with E-state index in [1.54, 1.807) is 23.5 Å². The van der Waals surface area contributed by atoms with Gasteiger partial charge >= 0.3 is 5.69 Å². The smallest absolute Gasteiger partial charge is 0.311 e. The number of nitrogens with zero attached hydrogens (tertiary/aromatic N) is 1. The van der Waals surface area contributed by atoms with E-state index in [0.29, 0.717) is 12.2 Å². The first-order chi connectivity index (χ1) is 8.70. The lowest BCUT2D eigenvalue weighted by atomic mass is 10.2. The Bertz CT molecular complexity index is 540. The van der Waals surface area contributed by atoms with E-state index < -0.39 is 4.92 Å². The molecule has 94 valence electrons. The second-order valence-corrected chi connectivity index (χ2v) is 4.46. The molecule has 0 radical (unpaired) electrons. The van der Waals surface area contributed by atoms with Crippen molar-refractivity contribution in [1.29, 1.82) is 0 Å². The number of nitrogens with two attached hydrogens (primary N) is 1. The molecule has 18 heavy (non-hydrogen) atoms. The van der Waals surface area contributed by atoms with Gasteiger partial charge in [-0.15, -0.1) is 0 Å². The second kappa shape index (κ2) is 5.61. The lowest BCUT2D eigenvalue weighted by Crippen LogP contribution is -2.01. The van der Waals surface area contributed by atoms with E-state index in [0.717, 1.165) is 5.56 Å². The summed E-state index contributed by atoms with van der Waals surface area (Å²) in [6.45, 7) is 0.595. The lowest BCUT2D eigenvalue weighted by Gasteiger charge is -2.06. The fourth-order valence-corrected chi connectivity index (χ4v) is 2.14. The molecule has 1 aromatic carbocycles. The molecule has 2 rings (SSSR count). The van der Waals surface area contributed by atoms with Crippen LogP contribution in [-0.2, 0) is 13.2 Å². The molecule has 0 bridgehead atoms. The highest BCUT2D eigenvalue weighted by molar-refractivity contribution is 7.07. The zero-order valence-corrected chi connectivity index (χ0v) is 10.4. The molecule has 0 aliphatic rings. The van der Waals surface area contributed by atoms with Crippen molar-refractivity contribution in [2.24, 2.45) is 5.73 Å². The number of ether oxygens (including phenoxy) is 1. The van der Waals surface area contributed by atoms with Gasteiger partial charge in [-0.05, 0) is 34.0 Å². The van der Waals surface area contributed by atoms with E-state index in [-0.39, 0.29) is 18.0 Å². The Balaban J connectivity index is 2.18. The van der Waals surface area contributed by atoms with Crippen LogP contribution in [0.5, 0.6) is 5.75 Å². The van der Waals surface area contributed by atoms with Crippen molar-refractivity contribution in [2.75, 3.05) is 0 Å². The summed E-state index contributed by atoms with van der Waals surface area (Å²) in [5.74, 6) is 0.267. The molecule has 0 aliphatic carbocycles. The van der Waals surface area contributed by atoms with Gasteiger partial charge in [0.25, 0.3) is 0 Å². The predicted molar refractivity (Wildman–Crippen MR) is 69.6 cm³/mol. The summed E-state index contributed by atoms with van der Waals surface area (Å²) in [6.07, 6.45) is 0. The summed E-state index contributed by atoms with van der Waals surface area (Å²) in [6, 6.07) is 6.69. The average molecular weight is 264 g/mol. The summed E-state index contributed by atoms with van der Waals surface area (Å²) in [5, 5.41) is 14.8.